The minimum atomic E-state index is -0.848. The summed E-state index contributed by atoms with van der Waals surface area (Å²) in [7, 11) is 0. The Kier molecular flexibility index (Phi) is 6.95. The van der Waals surface area contributed by atoms with Crippen LogP contribution in [0.1, 0.15) is 44.4 Å². The van der Waals surface area contributed by atoms with Crippen LogP contribution < -0.4 is 10.6 Å². The molecule has 2 N–H and O–H groups in total. The Morgan fingerprint density at radius 1 is 0.964 bits per heavy atom. The number of hydrogen-bond donors (Lipinski definition) is 2. The van der Waals surface area contributed by atoms with Gasteiger partial charge in [-0.1, -0.05) is 12.1 Å². The second kappa shape index (κ2) is 9.00. The minimum absolute atomic E-state index is 0.145. The molecule has 0 aliphatic carbocycles. The molecule has 0 saturated heterocycles. The van der Waals surface area contributed by atoms with Gasteiger partial charge in [0.25, 0.3) is 5.91 Å². The van der Waals surface area contributed by atoms with Gasteiger partial charge < -0.3 is 10.6 Å². The van der Waals surface area contributed by atoms with E-state index in [1.807, 2.05) is 39.8 Å². The summed E-state index contributed by atoms with van der Waals surface area (Å²) in [5, 5.41) is 5.70. The largest absolute Gasteiger partial charge is 0.383 e. The van der Waals surface area contributed by atoms with Gasteiger partial charge in [0.1, 0.15) is 5.82 Å². The van der Waals surface area contributed by atoms with Crippen LogP contribution in [0, 0.1) is 19.7 Å². The third-order valence-electron chi connectivity index (χ3n) is 4.25. The van der Waals surface area contributed by atoms with Crippen LogP contribution in [-0.4, -0.2) is 18.0 Å². The van der Waals surface area contributed by atoms with E-state index in [2.05, 4.69) is 10.6 Å². The van der Waals surface area contributed by atoms with E-state index in [1.165, 1.54) is 12.1 Å². The molecule has 2 aromatic carbocycles. The number of anilines is 1. The van der Waals surface area contributed by atoms with Crippen molar-refractivity contribution in [2.24, 2.45) is 0 Å². The number of nitrogens with one attached hydrogen (secondary N) is 2. The number of rotatable bonds is 6. The molecule has 0 spiro atoms. The predicted molar refractivity (Wildman–Crippen MR) is 112 cm³/mol. The molecule has 5 heteroatoms. The van der Waals surface area contributed by atoms with Gasteiger partial charge in [-0.3, -0.25) is 4.79 Å². The third-order valence-corrected chi connectivity index (χ3v) is 4.25. The van der Waals surface area contributed by atoms with E-state index in [0.29, 0.717) is 11.1 Å². The summed E-state index contributed by atoms with van der Waals surface area (Å²) in [6.07, 6.45) is 1.22. The molecule has 0 heterocycles. The molecule has 1 amide bonds. The van der Waals surface area contributed by atoms with E-state index >= 15 is 0 Å². The number of carbonyl (C=O) groups is 1. The zero-order chi connectivity index (χ0) is 21.0. The SMILES string of the molecule is Cc1cc(-c2ccc(NC(C)C)cc2F)c(C)cc1/C=C(/F)C(=O)NC(C)C. The van der Waals surface area contributed by atoms with Gasteiger partial charge in [0.15, 0.2) is 5.83 Å². The van der Waals surface area contributed by atoms with Gasteiger partial charge in [-0.2, -0.15) is 0 Å². The molecule has 0 unspecified atom stereocenters. The molecule has 0 saturated carbocycles. The van der Waals surface area contributed by atoms with Crippen LogP contribution in [0.15, 0.2) is 36.2 Å². The monoisotopic (exact) mass is 386 g/mol. The van der Waals surface area contributed by atoms with Crippen LogP contribution in [0.4, 0.5) is 14.5 Å². The Labute approximate surface area is 165 Å². The van der Waals surface area contributed by atoms with Crippen LogP contribution in [0.2, 0.25) is 0 Å². The van der Waals surface area contributed by atoms with Crippen LogP contribution in [-0.2, 0) is 4.79 Å². The van der Waals surface area contributed by atoms with Crippen molar-refractivity contribution >= 4 is 17.7 Å². The number of amides is 1. The molecule has 150 valence electrons. The summed E-state index contributed by atoms with van der Waals surface area (Å²) >= 11 is 0. The summed E-state index contributed by atoms with van der Waals surface area (Å²) in [5.74, 6) is -1.91. The zero-order valence-corrected chi connectivity index (χ0v) is 17.3. The molecule has 0 atom stereocenters. The fourth-order valence-corrected chi connectivity index (χ4v) is 2.97. The van der Waals surface area contributed by atoms with Crippen molar-refractivity contribution in [3.8, 4) is 11.1 Å². The summed E-state index contributed by atoms with van der Waals surface area (Å²) in [6.45, 7) is 11.2. The number of benzene rings is 2. The van der Waals surface area contributed by atoms with Crippen molar-refractivity contribution in [1.29, 1.82) is 0 Å². The van der Waals surface area contributed by atoms with Crippen molar-refractivity contribution in [3.05, 3.63) is 58.7 Å². The lowest BCUT2D eigenvalue weighted by Gasteiger charge is -2.14. The molecule has 28 heavy (non-hydrogen) atoms. The molecule has 0 bridgehead atoms. The molecule has 0 fully saturated rings. The Morgan fingerprint density at radius 3 is 2.21 bits per heavy atom. The number of halogens is 2. The Morgan fingerprint density at radius 2 is 1.64 bits per heavy atom. The molecule has 0 aliphatic rings. The van der Waals surface area contributed by atoms with Gasteiger partial charge in [-0.05, 0) is 88.1 Å². The van der Waals surface area contributed by atoms with Gasteiger partial charge in [-0.15, -0.1) is 0 Å². The maximum absolute atomic E-state index is 14.7. The van der Waals surface area contributed by atoms with Crippen LogP contribution in [0.3, 0.4) is 0 Å². The first-order valence-electron chi connectivity index (χ1n) is 9.44. The summed E-state index contributed by atoms with van der Waals surface area (Å²) in [6, 6.07) is 8.73. The average Bonchev–Trinajstić information content (AvgIpc) is 2.57. The Balaban J connectivity index is 2.38. The molecule has 0 aromatic heterocycles. The van der Waals surface area contributed by atoms with Crippen molar-refractivity contribution in [3.63, 3.8) is 0 Å². The van der Waals surface area contributed by atoms with Crippen LogP contribution in [0.25, 0.3) is 17.2 Å². The fraction of sp³-hybridized carbons (Fsp3) is 0.348. The number of carbonyl (C=O) groups excluding carboxylic acids is 1. The van der Waals surface area contributed by atoms with Crippen LogP contribution >= 0.6 is 0 Å². The maximum Gasteiger partial charge on any atom is 0.280 e. The lowest BCUT2D eigenvalue weighted by molar-refractivity contribution is -0.119. The van der Waals surface area contributed by atoms with Crippen molar-refractivity contribution in [2.45, 2.75) is 53.6 Å². The normalized spacial score (nSPS) is 11.9. The predicted octanol–water partition coefficient (Wildman–Crippen LogP) is 5.76. The first-order chi connectivity index (χ1) is 13.1. The van der Waals surface area contributed by atoms with E-state index in [1.54, 1.807) is 26.0 Å². The van der Waals surface area contributed by atoms with Gasteiger partial charge in [0.2, 0.25) is 0 Å². The van der Waals surface area contributed by atoms with E-state index in [4.69, 9.17) is 0 Å². The van der Waals surface area contributed by atoms with Gasteiger partial charge in [-0.25, -0.2) is 8.78 Å². The van der Waals surface area contributed by atoms with Crippen molar-refractivity contribution in [1.82, 2.24) is 5.32 Å². The molecule has 0 radical (unpaired) electrons. The number of aryl methyl sites for hydroxylation is 2. The first kappa shape index (κ1) is 21.6. The molecule has 2 rings (SSSR count). The van der Waals surface area contributed by atoms with Crippen molar-refractivity contribution in [2.75, 3.05) is 5.32 Å². The molecule has 2 aromatic rings. The second-order valence-corrected chi connectivity index (χ2v) is 7.64. The van der Waals surface area contributed by atoms with E-state index in [0.717, 1.165) is 22.4 Å². The lowest BCUT2D eigenvalue weighted by atomic mass is 9.94. The van der Waals surface area contributed by atoms with E-state index in [9.17, 15) is 13.6 Å². The highest BCUT2D eigenvalue weighted by molar-refractivity contribution is 5.96. The molecule has 3 nitrogen and oxygen atoms in total. The summed E-state index contributed by atoms with van der Waals surface area (Å²) in [5.41, 5.74) is 4.12. The summed E-state index contributed by atoms with van der Waals surface area (Å²) < 4.78 is 28.8. The lowest BCUT2D eigenvalue weighted by Crippen LogP contribution is -2.30. The molecule has 0 aliphatic heterocycles. The fourth-order valence-electron chi connectivity index (χ4n) is 2.97. The zero-order valence-electron chi connectivity index (χ0n) is 17.3. The molecular formula is C23H28F2N2O. The van der Waals surface area contributed by atoms with Crippen molar-refractivity contribution < 1.29 is 13.6 Å². The highest BCUT2D eigenvalue weighted by atomic mass is 19.1. The van der Waals surface area contributed by atoms with Crippen LogP contribution in [0.5, 0.6) is 0 Å². The smallest absolute Gasteiger partial charge is 0.280 e. The average molecular weight is 386 g/mol. The second-order valence-electron chi connectivity index (χ2n) is 7.64. The Bertz CT molecular complexity index is 902. The highest BCUT2D eigenvalue weighted by Gasteiger charge is 2.14. The summed E-state index contributed by atoms with van der Waals surface area (Å²) in [4.78, 5) is 11.8. The van der Waals surface area contributed by atoms with Gasteiger partial charge in [0.05, 0.1) is 0 Å². The minimum Gasteiger partial charge on any atom is -0.383 e. The standard InChI is InChI=1S/C23H28F2N2O/c1-13(2)26-18-7-8-19(21(24)12-18)20-10-15(5)17(9-16(20)6)11-22(25)23(28)27-14(3)4/h7-14,26H,1-6H3,(H,27,28)/b22-11+. The van der Waals surface area contributed by atoms with E-state index in [-0.39, 0.29) is 17.9 Å². The highest BCUT2D eigenvalue weighted by Crippen LogP contribution is 2.31. The maximum atomic E-state index is 14.7. The number of hydrogen-bond acceptors (Lipinski definition) is 2. The quantitative estimate of drug-likeness (QED) is 0.619. The van der Waals surface area contributed by atoms with Gasteiger partial charge >= 0.3 is 0 Å². The third kappa shape index (κ3) is 5.41. The molecular weight excluding hydrogens is 358 g/mol. The first-order valence-corrected chi connectivity index (χ1v) is 9.44. The Hall–Kier alpha value is -2.69. The van der Waals surface area contributed by atoms with E-state index < -0.39 is 11.7 Å². The topological polar surface area (TPSA) is 41.1 Å². The van der Waals surface area contributed by atoms with Gasteiger partial charge in [0, 0.05) is 23.3 Å².